The number of alkyl halides is 3. The second-order valence-electron chi connectivity index (χ2n) is 8.30. The average Bonchev–Trinajstić information content (AvgIpc) is 2.58. The van der Waals surface area contributed by atoms with E-state index in [0.717, 1.165) is 56.0 Å². The van der Waals surface area contributed by atoms with Gasteiger partial charge in [0.25, 0.3) is 0 Å². The minimum absolute atomic E-state index is 0.00238. The third kappa shape index (κ3) is 10.7. The third-order valence-electron chi connectivity index (χ3n) is 4.45. The zero-order valence-corrected chi connectivity index (χ0v) is 17.6. The summed E-state index contributed by atoms with van der Waals surface area (Å²) in [6.45, 7) is 11.4. The lowest BCUT2D eigenvalue weighted by Crippen LogP contribution is -2.35. The lowest BCUT2D eigenvalue weighted by molar-refractivity contribution is -0.137. The van der Waals surface area contributed by atoms with Crippen LogP contribution in [0, 0.1) is 11.8 Å². The zero-order chi connectivity index (χ0) is 21.2. The predicted octanol–water partition coefficient (Wildman–Crippen LogP) is 5.50. The lowest BCUT2D eigenvalue weighted by atomic mass is 9.93. The Labute approximate surface area is 167 Å². The van der Waals surface area contributed by atoms with Gasteiger partial charge in [-0.25, -0.2) is 0 Å². The number of benzene rings is 1. The van der Waals surface area contributed by atoms with Crippen molar-refractivity contribution in [3.63, 3.8) is 0 Å². The molecule has 1 atom stereocenters. The van der Waals surface area contributed by atoms with E-state index < -0.39 is 11.7 Å². The Morgan fingerprint density at radius 1 is 1.21 bits per heavy atom. The van der Waals surface area contributed by atoms with Crippen LogP contribution in [0.1, 0.15) is 64.5 Å². The molecule has 1 amide bonds. The van der Waals surface area contributed by atoms with Crippen molar-refractivity contribution in [3.8, 4) is 0 Å². The molecule has 0 unspecified atom stereocenters. The van der Waals surface area contributed by atoms with Crippen molar-refractivity contribution >= 4 is 5.91 Å². The molecule has 160 valence electrons. The van der Waals surface area contributed by atoms with Gasteiger partial charge in [0, 0.05) is 26.6 Å². The maximum atomic E-state index is 12.6. The number of rotatable bonds is 6. The minimum Gasteiger partial charge on any atom is -0.356 e. The molecular formula is C22H35F3N2O. The lowest BCUT2D eigenvalue weighted by Gasteiger charge is -2.33. The van der Waals surface area contributed by atoms with E-state index in [0.29, 0.717) is 19.0 Å². The molecule has 2 rings (SSSR count). The fourth-order valence-electron chi connectivity index (χ4n) is 3.24. The number of carbonyl (C=O) groups is 1. The summed E-state index contributed by atoms with van der Waals surface area (Å²) in [6.07, 6.45) is 0.0693. The number of amides is 1. The van der Waals surface area contributed by atoms with Crippen molar-refractivity contribution < 1.29 is 18.0 Å². The monoisotopic (exact) mass is 400 g/mol. The molecule has 0 aromatic heterocycles. The highest BCUT2D eigenvalue weighted by Crippen LogP contribution is 2.29. The Hall–Kier alpha value is -1.56. The van der Waals surface area contributed by atoms with Gasteiger partial charge in [0.05, 0.1) is 5.56 Å². The van der Waals surface area contributed by atoms with Crippen molar-refractivity contribution in [2.24, 2.45) is 11.8 Å². The summed E-state index contributed by atoms with van der Waals surface area (Å²) >= 11 is 0. The summed E-state index contributed by atoms with van der Waals surface area (Å²) in [5, 5.41) is 2.81. The molecular weight excluding hydrogens is 365 g/mol. The molecule has 1 fully saturated rings. The summed E-state index contributed by atoms with van der Waals surface area (Å²) in [4.78, 5) is 13.2. The molecule has 0 aliphatic carbocycles. The number of carbonyl (C=O) groups excluding carboxylic acids is 1. The van der Waals surface area contributed by atoms with E-state index in [2.05, 4.69) is 31.0 Å². The highest BCUT2D eigenvalue weighted by molar-refractivity contribution is 5.72. The number of hydrogen-bond acceptors (Lipinski definition) is 2. The van der Waals surface area contributed by atoms with Crippen molar-refractivity contribution in [2.45, 2.75) is 66.1 Å². The van der Waals surface area contributed by atoms with E-state index in [-0.39, 0.29) is 5.91 Å². The molecule has 1 heterocycles. The Kier molecular flexibility index (Phi) is 10.6. The van der Waals surface area contributed by atoms with Crippen LogP contribution in [0.2, 0.25) is 0 Å². The van der Waals surface area contributed by atoms with Gasteiger partial charge >= 0.3 is 6.18 Å². The largest absolute Gasteiger partial charge is 0.416 e. The predicted molar refractivity (Wildman–Crippen MR) is 108 cm³/mol. The molecule has 1 aromatic rings. The molecule has 1 aromatic carbocycles. The minimum atomic E-state index is -4.28. The summed E-state index contributed by atoms with van der Waals surface area (Å²) < 4.78 is 37.8. The van der Waals surface area contributed by atoms with Crippen LogP contribution in [0.5, 0.6) is 0 Å². The van der Waals surface area contributed by atoms with Gasteiger partial charge < -0.3 is 5.32 Å². The summed E-state index contributed by atoms with van der Waals surface area (Å²) in [7, 11) is 0. The average molecular weight is 401 g/mol. The van der Waals surface area contributed by atoms with E-state index in [4.69, 9.17) is 0 Å². The first-order valence-corrected chi connectivity index (χ1v) is 10.2. The maximum absolute atomic E-state index is 12.6. The van der Waals surface area contributed by atoms with E-state index in [9.17, 15) is 18.0 Å². The molecule has 1 aliphatic rings. The molecule has 0 saturated carbocycles. The van der Waals surface area contributed by atoms with Crippen LogP contribution >= 0.6 is 0 Å². The summed E-state index contributed by atoms with van der Waals surface area (Å²) in [5.41, 5.74) is 0.322. The number of hydrogen-bond donors (Lipinski definition) is 1. The van der Waals surface area contributed by atoms with Crippen LogP contribution in [-0.4, -0.2) is 30.4 Å². The first-order valence-electron chi connectivity index (χ1n) is 10.2. The fraction of sp³-hybridized carbons (Fsp3) is 0.682. The van der Waals surface area contributed by atoms with E-state index in [1.165, 1.54) is 13.3 Å². The topological polar surface area (TPSA) is 32.3 Å². The van der Waals surface area contributed by atoms with Gasteiger partial charge in [-0.1, -0.05) is 32.9 Å². The summed E-state index contributed by atoms with van der Waals surface area (Å²) in [6, 6.07) is 5.46. The van der Waals surface area contributed by atoms with Crippen LogP contribution in [0.25, 0.3) is 0 Å². The Balaban J connectivity index is 0.000000892. The van der Waals surface area contributed by atoms with Crippen molar-refractivity contribution in [1.29, 1.82) is 0 Å². The normalized spacial score (nSPS) is 17.8. The van der Waals surface area contributed by atoms with Crippen LogP contribution in [0.4, 0.5) is 13.2 Å². The van der Waals surface area contributed by atoms with Gasteiger partial charge in [-0.15, -0.1) is 0 Å². The number of likely N-dealkylation sites (tertiary alicyclic amines) is 1. The molecule has 1 aliphatic heterocycles. The first kappa shape index (κ1) is 24.5. The zero-order valence-electron chi connectivity index (χ0n) is 17.6. The van der Waals surface area contributed by atoms with Crippen molar-refractivity contribution in [2.75, 3.05) is 19.6 Å². The number of piperidine rings is 1. The van der Waals surface area contributed by atoms with Crippen LogP contribution in [0.3, 0.4) is 0 Å². The number of nitrogens with zero attached hydrogens (tertiary/aromatic N) is 1. The van der Waals surface area contributed by atoms with Gasteiger partial charge in [-0.3, -0.25) is 9.69 Å². The van der Waals surface area contributed by atoms with Crippen LogP contribution in [-0.2, 0) is 17.5 Å². The van der Waals surface area contributed by atoms with Crippen molar-refractivity contribution in [1.82, 2.24) is 10.2 Å². The molecule has 0 radical (unpaired) electrons. The van der Waals surface area contributed by atoms with Gasteiger partial charge in [-0.2, -0.15) is 13.2 Å². The van der Waals surface area contributed by atoms with E-state index >= 15 is 0 Å². The van der Waals surface area contributed by atoms with Gasteiger partial charge in [0.1, 0.15) is 0 Å². The molecule has 6 heteroatoms. The first-order chi connectivity index (χ1) is 13.1. The quantitative estimate of drug-likeness (QED) is 0.640. The third-order valence-corrected chi connectivity index (χ3v) is 4.45. The van der Waals surface area contributed by atoms with E-state index in [1.807, 2.05) is 0 Å². The van der Waals surface area contributed by atoms with Gasteiger partial charge in [0.15, 0.2) is 0 Å². The Bertz CT molecular complexity index is 567. The van der Waals surface area contributed by atoms with Crippen LogP contribution in [0.15, 0.2) is 24.3 Å². The smallest absolute Gasteiger partial charge is 0.356 e. The Morgan fingerprint density at radius 2 is 1.82 bits per heavy atom. The second kappa shape index (κ2) is 12.1. The van der Waals surface area contributed by atoms with Crippen LogP contribution < -0.4 is 5.32 Å². The molecule has 1 saturated heterocycles. The fourth-order valence-corrected chi connectivity index (χ4v) is 3.24. The van der Waals surface area contributed by atoms with Crippen molar-refractivity contribution in [3.05, 3.63) is 35.4 Å². The molecule has 28 heavy (non-hydrogen) atoms. The highest BCUT2D eigenvalue weighted by Gasteiger charge is 2.30. The molecule has 0 spiro atoms. The molecule has 3 nitrogen and oxygen atoms in total. The van der Waals surface area contributed by atoms with Gasteiger partial charge in [0.2, 0.25) is 5.91 Å². The highest BCUT2D eigenvalue weighted by atomic mass is 19.4. The number of halogens is 3. The Morgan fingerprint density at radius 3 is 2.36 bits per heavy atom. The SMILES string of the molecule is CC(=O)NCCC[C@H]1CCCN(Cc2ccc(C(F)(F)F)cc2)C1.CC(C)C. The standard InChI is InChI=1S/C18H25F3N2O.C4H10/c1-14(24)22-10-2-4-15-5-3-11-23(12-15)13-16-6-8-17(9-7-16)18(19,20)21;1-4(2)3/h6-9,15H,2-5,10-13H2,1H3,(H,22,24);4H,1-3H3/t15-;/m0./s1. The van der Waals surface area contributed by atoms with E-state index in [1.54, 1.807) is 12.1 Å². The summed E-state index contributed by atoms with van der Waals surface area (Å²) in [5.74, 6) is 1.43. The number of nitrogens with one attached hydrogen (secondary N) is 1. The van der Waals surface area contributed by atoms with Gasteiger partial charge in [-0.05, 0) is 61.8 Å². The second-order valence-corrected chi connectivity index (χ2v) is 8.30. The maximum Gasteiger partial charge on any atom is 0.416 e. The molecule has 0 bridgehead atoms. The molecule has 1 N–H and O–H groups in total.